The lowest BCUT2D eigenvalue weighted by Crippen LogP contribution is -2.08. The Bertz CT molecular complexity index is 887. The largest absolute Gasteiger partial charge is 0.423 e. The monoisotopic (exact) mass is 460 g/mol. The van der Waals surface area contributed by atoms with E-state index >= 15 is 0 Å². The van der Waals surface area contributed by atoms with Crippen molar-refractivity contribution in [3.05, 3.63) is 83.4 Å². The average Bonchev–Trinajstić information content (AvgIpc) is 2.63. The van der Waals surface area contributed by atoms with E-state index in [-0.39, 0.29) is 5.97 Å². The van der Waals surface area contributed by atoms with Gasteiger partial charge in [-0.1, -0.05) is 57.0 Å². The topological polar surface area (TPSA) is 26.3 Å². The van der Waals surface area contributed by atoms with E-state index < -0.39 is 0 Å². The molecule has 2 nitrogen and oxygen atoms in total. The van der Waals surface area contributed by atoms with Crippen molar-refractivity contribution in [2.75, 3.05) is 0 Å². The minimum atomic E-state index is -0.338. The summed E-state index contributed by atoms with van der Waals surface area (Å²) in [7, 11) is 1.60. The van der Waals surface area contributed by atoms with Gasteiger partial charge in [-0.25, -0.2) is 4.79 Å². The molecule has 126 valence electrons. The molecule has 3 aromatic rings. The second-order valence-electron chi connectivity index (χ2n) is 5.84. The van der Waals surface area contributed by atoms with Crippen LogP contribution in [0.4, 0.5) is 0 Å². The molecular weight excluding hydrogens is 443 g/mol. The molecule has 3 rings (SSSR count). The van der Waals surface area contributed by atoms with Crippen LogP contribution in [0, 0.1) is 13.8 Å². The Balaban J connectivity index is 1.75. The van der Waals surface area contributed by atoms with E-state index in [1.807, 2.05) is 43.3 Å². The van der Waals surface area contributed by atoms with Gasteiger partial charge in [-0.15, -0.1) is 0 Å². The number of aryl methyl sites for hydroxylation is 2. The predicted octanol–water partition coefficient (Wildman–Crippen LogP) is 6.63. The normalized spacial score (nSPS) is 10.5. The molecular formula is C21H17IO2S. The Morgan fingerprint density at radius 3 is 2.08 bits per heavy atom. The van der Waals surface area contributed by atoms with Crippen LogP contribution in [0.25, 0.3) is 11.1 Å². The first-order valence-corrected chi connectivity index (χ1v) is 11.2. The average molecular weight is 460 g/mol. The summed E-state index contributed by atoms with van der Waals surface area (Å²) in [6, 6.07) is 21.6. The predicted molar refractivity (Wildman–Crippen MR) is 113 cm³/mol. The van der Waals surface area contributed by atoms with E-state index in [1.165, 1.54) is 5.56 Å². The van der Waals surface area contributed by atoms with Gasteiger partial charge in [0.15, 0.2) is 0 Å². The molecule has 0 N–H and O–H groups in total. The Labute approximate surface area is 164 Å². The molecule has 0 spiro atoms. The van der Waals surface area contributed by atoms with Crippen molar-refractivity contribution in [2.45, 2.75) is 18.7 Å². The molecule has 0 saturated heterocycles. The number of carbonyl (C=O) groups is 1. The molecule has 0 atom stereocenters. The lowest BCUT2D eigenvalue weighted by atomic mass is 10.0. The maximum Gasteiger partial charge on any atom is 0.343 e. The molecule has 4 heteroatoms. The van der Waals surface area contributed by atoms with Crippen LogP contribution in [0.2, 0.25) is 0 Å². The fraction of sp³-hybridized carbons (Fsp3) is 0.0952. The summed E-state index contributed by atoms with van der Waals surface area (Å²) < 4.78 is 5.50. The molecule has 0 aliphatic heterocycles. The highest BCUT2D eigenvalue weighted by Crippen LogP contribution is 2.29. The number of benzene rings is 3. The van der Waals surface area contributed by atoms with Crippen LogP contribution in [-0.2, 0) is 0 Å². The second-order valence-corrected chi connectivity index (χ2v) is 7.75. The lowest BCUT2D eigenvalue weighted by molar-refractivity contribution is 0.0734. The first-order valence-electron chi connectivity index (χ1n) is 7.85. The maximum atomic E-state index is 12.4. The van der Waals surface area contributed by atoms with Gasteiger partial charge in [0.2, 0.25) is 0 Å². The van der Waals surface area contributed by atoms with Crippen molar-refractivity contribution in [3.63, 3.8) is 0 Å². The van der Waals surface area contributed by atoms with Gasteiger partial charge in [0.05, 0.1) is 5.56 Å². The zero-order valence-electron chi connectivity index (χ0n) is 14.0. The number of halogens is 1. The van der Waals surface area contributed by atoms with Gasteiger partial charge in [0.25, 0.3) is 0 Å². The highest BCUT2D eigenvalue weighted by Gasteiger charge is 2.11. The molecule has 0 bridgehead atoms. The summed E-state index contributed by atoms with van der Waals surface area (Å²) in [5.74, 6) is 0.208. The van der Waals surface area contributed by atoms with Crippen molar-refractivity contribution < 1.29 is 9.53 Å². The first kappa shape index (κ1) is 18.0. The van der Waals surface area contributed by atoms with Gasteiger partial charge >= 0.3 is 5.97 Å². The van der Waals surface area contributed by atoms with E-state index in [0.29, 0.717) is 11.3 Å². The van der Waals surface area contributed by atoms with Crippen LogP contribution in [0.1, 0.15) is 21.5 Å². The van der Waals surface area contributed by atoms with E-state index in [2.05, 4.69) is 52.4 Å². The highest BCUT2D eigenvalue weighted by molar-refractivity contribution is 14.2. The summed E-state index contributed by atoms with van der Waals surface area (Å²) in [4.78, 5) is 13.4. The van der Waals surface area contributed by atoms with E-state index in [9.17, 15) is 4.79 Å². The quantitative estimate of drug-likeness (QED) is 0.248. The fourth-order valence-corrected chi connectivity index (χ4v) is 4.22. The molecule has 0 saturated carbocycles. The van der Waals surface area contributed by atoms with Gasteiger partial charge in [0.1, 0.15) is 5.75 Å². The summed E-state index contributed by atoms with van der Waals surface area (Å²) in [6.45, 7) is 4.10. The minimum absolute atomic E-state index is 0.338. The van der Waals surface area contributed by atoms with E-state index in [1.54, 1.807) is 15.0 Å². The third-order valence-corrected chi connectivity index (χ3v) is 5.99. The Morgan fingerprint density at radius 2 is 1.48 bits per heavy atom. The van der Waals surface area contributed by atoms with Crippen molar-refractivity contribution >= 4 is 36.1 Å². The van der Waals surface area contributed by atoms with Crippen molar-refractivity contribution in [3.8, 4) is 16.9 Å². The summed E-state index contributed by atoms with van der Waals surface area (Å²) in [6.07, 6.45) is 0. The number of hydrogen-bond acceptors (Lipinski definition) is 3. The fourth-order valence-electron chi connectivity index (χ4n) is 2.44. The van der Waals surface area contributed by atoms with Crippen LogP contribution in [-0.4, -0.2) is 5.97 Å². The van der Waals surface area contributed by atoms with Crippen molar-refractivity contribution in [1.29, 1.82) is 0 Å². The third-order valence-electron chi connectivity index (χ3n) is 3.96. The van der Waals surface area contributed by atoms with Crippen molar-refractivity contribution in [2.24, 2.45) is 0 Å². The zero-order valence-corrected chi connectivity index (χ0v) is 16.9. The molecule has 3 aromatic carbocycles. The Morgan fingerprint density at radius 1 is 0.880 bits per heavy atom. The molecule has 25 heavy (non-hydrogen) atoms. The molecule has 0 aliphatic carbocycles. The molecule has 0 radical (unpaired) electrons. The van der Waals surface area contributed by atoms with Crippen LogP contribution in [0.5, 0.6) is 5.75 Å². The van der Waals surface area contributed by atoms with E-state index in [4.69, 9.17) is 4.74 Å². The molecule has 0 aliphatic rings. The van der Waals surface area contributed by atoms with Gasteiger partial charge in [-0.3, -0.25) is 0 Å². The van der Waals surface area contributed by atoms with Gasteiger partial charge in [0, 0.05) is 26.1 Å². The molecule has 0 amide bonds. The standard InChI is InChI=1S/C21H17IO2S/c1-14-3-6-16(7-4-14)17-9-11-19(12-10-17)24-21(23)18-8-5-15(2)20(13-18)25-22/h3-13H,1-2H3. The summed E-state index contributed by atoms with van der Waals surface area (Å²) in [5.41, 5.74) is 5.19. The van der Waals surface area contributed by atoms with Crippen LogP contribution >= 0.6 is 30.1 Å². The summed E-state index contributed by atoms with van der Waals surface area (Å²) >= 11 is 2.22. The minimum Gasteiger partial charge on any atom is -0.423 e. The number of esters is 1. The number of ether oxygens (including phenoxy) is 1. The second kappa shape index (κ2) is 8.06. The van der Waals surface area contributed by atoms with Gasteiger partial charge in [-0.2, -0.15) is 0 Å². The highest BCUT2D eigenvalue weighted by atomic mass is 127. The molecule has 0 heterocycles. The number of hydrogen-bond donors (Lipinski definition) is 0. The number of rotatable bonds is 4. The molecule has 0 fully saturated rings. The Hall–Kier alpha value is -1.79. The van der Waals surface area contributed by atoms with Gasteiger partial charge in [-0.05, 0) is 54.8 Å². The third kappa shape index (κ3) is 4.44. The zero-order chi connectivity index (χ0) is 17.8. The van der Waals surface area contributed by atoms with Crippen LogP contribution in [0.15, 0.2) is 71.6 Å². The molecule has 0 aromatic heterocycles. The van der Waals surface area contributed by atoms with Crippen LogP contribution < -0.4 is 4.74 Å². The smallest absolute Gasteiger partial charge is 0.343 e. The maximum absolute atomic E-state index is 12.4. The van der Waals surface area contributed by atoms with E-state index in [0.717, 1.165) is 21.6 Å². The first-order chi connectivity index (χ1) is 12.1. The van der Waals surface area contributed by atoms with Crippen molar-refractivity contribution in [1.82, 2.24) is 0 Å². The van der Waals surface area contributed by atoms with Crippen LogP contribution in [0.3, 0.4) is 0 Å². The lowest BCUT2D eigenvalue weighted by Gasteiger charge is -2.08. The number of carbonyl (C=O) groups excluding carboxylic acids is 1. The van der Waals surface area contributed by atoms with Gasteiger partial charge < -0.3 is 4.74 Å². The summed E-state index contributed by atoms with van der Waals surface area (Å²) in [5, 5.41) is 0. The molecule has 0 unspecified atom stereocenters. The Kier molecular flexibility index (Phi) is 5.81. The SMILES string of the molecule is Cc1ccc(-c2ccc(OC(=O)c3ccc(C)c(SI)c3)cc2)cc1.